The van der Waals surface area contributed by atoms with E-state index in [4.69, 9.17) is 10.1 Å². The molecule has 2 aromatic heterocycles. The highest BCUT2D eigenvalue weighted by atomic mass is 32.1. The molecule has 26 heavy (non-hydrogen) atoms. The van der Waals surface area contributed by atoms with Gasteiger partial charge in [0.15, 0.2) is 0 Å². The predicted octanol–water partition coefficient (Wildman–Crippen LogP) is 1.72. The smallest absolute Gasteiger partial charge is 0.263 e. The molecule has 0 bridgehead atoms. The summed E-state index contributed by atoms with van der Waals surface area (Å²) in [6.45, 7) is 5.33. The van der Waals surface area contributed by atoms with Gasteiger partial charge in [-0.15, -0.1) is 11.3 Å². The Kier molecular flexibility index (Phi) is 5.01. The van der Waals surface area contributed by atoms with Gasteiger partial charge in [0.05, 0.1) is 30.7 Å². The van der Waals surface area contributed by atoms with E-state index in [1.165, 1.54) is 0 Å². The van der Waals surface area contributed by atoms with E-state index >= 15 is 0 Å². The Labute approximate surface area is 155 Å². The first kappa shape index (κ1) is 17.2. The van der Waals surface area contributed by atoms with Crippen LogP contribution in [0.5, 0.6) is 0 Å². The summed E-state index contributed by atoms with van der Waals surface area (Å²) in [5.41, 5.74) is 0.996. The average Bonchev–Trinajstić information content (AvgIpc) is 3.19. The van der Waals surface area contributed by atoms with Crippen molar-refractivity contribution in [2.75, 3.05) is 32.8 Å². The van der Waals surface area contributed by atoms with Crippen molar-refractivity contribution in [3.8, 4) is 0 Å². The SMILES string of the molecule is N=c1n(Cc2cccs2)c(=O)c2ccccc2n1CCN1CCOCC1. The Morgan fingerprint density at radius 1 is 1.04 bits per heavy atom. The first-order chi connectivity index (χ1) is 12.7. The van der Waals surface area contributed by atoms with Crippen molar-refractivity contribution in [1.29, 1.82) is 5.41 Å². The largest absolute Gasteiger partial charge is 0.379 e. The van der Waals surface area contributed by atoms with E-state index in [1.807, 2.05) is 46.3 Å². The van der Waals surface area contributed by atoms with Crippen molar-refractivity contribution in [2.45, 2.75) is 13.1 Å². The van der Waals surface area contributed by atoms with Gasteiger partial charge in [0, 0.05) is 31.1 Å². The highest BCUT2D eigenvalue weighted by Gasteiger charge is 2.14. The van der Waals surface area contributed by atoms with Crippen molar-refractivity contribution in [3.63, 3.8) is 0 Å². The summed E-state index contributed by atoms with van der Waals surface area (Å²) < 4.78 is 8.94. The monoisotopic (exact) mass is 370 g/mol. The molecule has 0 radical (unpaired) electrons. The Bertz CT molecular complexity index is 1000. The van der Waals surface area contributed by atoms with Crippen LogP contribution in [0.15, 0.2) is 46.6 Å². The lowest BCUT2D eigenvalue weighted by atomic mass is 10.2. The van der Waals surface area contributed by atoms with Gasteiger partial charge in [0.1, 0.15) is 0 Å². The van der Waals surface area contributed by atoms with Gasteiger partial charge in [-0.3, -0.25) is 19.7 Å². The molecule has 0 amide bonds. The van der Waals surface area contributed by atoms with Gasteiger partial charge in [-0.1, -0.05) is 18.2 Å². The molecule has 1 fully saturated rings. The number of para-hydroxylation sites is 1. The minimum absolute atomic E-state index is 0.0957. The van der Waals surface area contributed by atoms with E-state index in [2.05, 4.69) is 4.90 Å². The van der Waals surface area contributed by atoms with Gasteiger partial charge in [0.2, 0.25) is 5.62 Å². The summed E-state index contributed by atoms with van der Waals surface area (Å²) in [4.78, 5) is 16.4. The molecule has 1 aliphatic rings. The average molecular weight is 370 g/mol. The summed E-state index contributed by atoms with van der Waals surface area (Å²) in [6, 6.07) is 11.6. The Hall–Kier alpha value is -2.22. The van der Waals surface area contributed by atoms with Crippen LogP contribution >= 0.6 is 11.3 Å². The molecular formula is C19H22N4O2S. The first-order valence-electron chi connectivity index (χ1n) is 8.83. The quantitative estimate of drug-likeness (QED) is 0.744. The lowest BCUT2D eigenvalue weighted by molar-refractivity contribution is 0.0363. The zero-order valence-electron chi connectivity index (χ0n) is 14.6. The van der Waals surface area contributed by atoms with Crippen molar-refractivity contribution in [1.82, 2.24) is 14.0 Å². The number of nitrogens with zero attached hydrogens (tertiary/aromatic N) is 3. The fourth-order valence-corrected chi connectivity index (χ4v) is 4.08. The number of ether oxygens (including phenoxy) is 1. The zero-order chi connectivity index (χ0) is 17.9. The summed E-state index contributed by atoms with van der Waals surface area (Å²) >= 11 is 1.61. The Balaban J connectivity index is 1.74. The third-order valence-electron chi connectivity index (χ3n) is 4.82. The molecule has 0 atom stereocenters. The molecule has 6 nitrogen and oxygen atoms in total. The highest BCUT2D eigenvalue weighted by Crippen LogP contribution is 2.11. The van der Waals surface area contributed by atoms with Crippen LogP contribution in [0.4, 0.5) is 0 Å². The second kappa shape index (κ2) is 7.57. The van der Waals surface area contributed by atoms with E-state index < -0.39 is 0 Å². The third kappa shape index (κ3) is 3.38. The van der Waals surface area contributed by atoms with Gasteiger partial charge in [-0.2, -0.15) is 0 Å². The molecule has 0 aliphatic carbocycles. The van der Waals surface area contributed by atoms with E-state index in [-0.39, 0.29) is 11.2 Å². The van der Waals surface area contributed by atoms with Crippen LogP contribution in [-0.4, -0.2) is 46.9 Å². The second-order valence-corrected chi connectivity index (χ2v) is 7.45. The fourth-order valence-electron chi connectivity index (χ4n) is 3.39. The number of morpholine rings is 1. The van der Waals surface area contributed by atoms with Crippen LogP contribution in [-0.2, 0) is 17.8 Å². The molecule has 1 saturated heterocycles. The van der Waals surface area contributed by atoms with E-state index in [0.717, 1.165) is 43.2 Å². The van der Waals surface area contributed by atoms with Gasteiger partial charge >= 0.3 is 0 Å². The van der Waals surface area contributed by atoms with Gasteiger partial charge < -0.3 is 9.30 Å². The number of aromatic nitrogens is 2. The van der Waals surface area contributed by atoms with Crippen molar-refractivity contribution in [2.24, 2.45) is 0 Å². The maximum atomic E-state index is 12.9. The zero-order valence-corrected chi connectivity index (χ0v) is 15.4. The summed E-state index contributed by atoms with van der Waals surface area (Å²) in [5, 5.41) is 11.3. The van der Waals surface area contributed by atoms with Crippen LogP contribution in [0.3, 0.4) is 0 Å². The predicted molar refractivity (Wildman–Crippen MR) is 103 cm³/mol. The maximum absolute atomic E-state index is 12.9. The molecular weight excluding hydrogens is 348 g/mol. The summed E-state index contributed by atoms with van der Waals surface area (Å²) in [5.74, 6) is 0. The van der Waals surface area contributed by atoms with E-state index in [1.54, 1.807) is 15.9 Å². The number of fused-ring (bicyclic) bond motifs is 1. The van der Waals surface area contributed by atoms with Gasteiger partial charge in [0.25, 0.3) is 5.56 Å². The van der Waals surface area contributed by atoms with Crippen LogP contribution < -0.4 is 11.2 Å². The number of thiophene rings is 1. The molecule has 0 saturated carbocycles. The van der Waals surface area contributed by atoms with Crippen molar-refractivity contribution in [3.05, 3.63) is 62.6 Å². The number of hydrogen-bond donors (Lipinski definition) is 1. The molecule has 7 heteroatoms. The van der Waals surface area contributed by atoms with Gasteiger partial charge in [-0.25, -0.2) is 0 Å². The second-order valence-electron chi connectivity index (χ2n) is 6.42. The lowest BCUT2D eigenvalue weighted by Crippen LogP contribution is -2.43. The molecule has 0 unspecified atom stereocenters. The minimum Gasteiger partial charge on any atom is -0.379 e. The summed E-state index contributed by atoms with van der Waals surface area (Å²) in [6.07, 6.45) is 0. The normalized spacial score (nSPS) is 15.5. The number of nitrogens with one attached hydrogen (secondary N) is 1. The highest BCUT2D eigenvalue weighted by molar-refractivity contribution is 7.09. The molecule has 1 aliphatic heterocycles. The molecule has 4 rings (SSSR count). The minimum atomic E-state index is -0.0957. The molecule has 3 aromatic rings. The van der Waals surface area contributed by atoms with Crippen LogP contribution in [0, 0.1) is 5.41 Å². The van der Waals surface area contributed by atoms with Crippen molar-refractivity contribution >= 4 is 22.2 Å². The third-order valence-corrected chi connectivity index (χ3v) is 5.68. The lowest BCUT2D eigenvalue weighted by Gasteiger charge is -2.27. The van der Waals surface area contributed by atoms with E-state index in [9.17, 15) is 4.79 Å². The first-order valence-corrected chi connectivity index (χ1v) is 9.71. The summed E-state index contributed by atoms with van der Waals surface area (Å²) in [7, 11) is 0. The molecule has 1 N–H and O–H groups in total. The molecule has 3 heterocycles. The number of benzene rings is 1. The number of rotatable bonds is 5. The van der Waals surface area contributed by atoms with Crippen molar-refractivity contribution < 1.29 is 4.74 Å². The Morgan fingerprint density at radius 2 is 1.85 bits per heavy atom. The topological polar surface area (TPSA) is 63.2 Å². The van der Waals surface area contributed by atoms with Crippen LogP contribution in [0.25, 0.3) is 10.9 Å². The molecule has 136 valence electrons. The van der Waals surface area contributed by atoms with E-state index in [0.29, 0.717) is 18.5 Å². The number of hydrogen-bond acceptors (Lipinski definition) is 5. The van der Waals surface area contributed by atoms with Crippen LogP contribution in [0.1, 0.15) is 4.88 Å². The molecule has 0 spiro atoms. The van der Waals surface area contributed by atoms with Crippen LogP contribution in [0.2, 0.25) is 0 Å². The molecule has 1 aromatic carbocycles. The Morgan fingerprint density at radius 3 is 2.62 bits per heavy atom. The standard InChI is InChI=1S/C19H22N4O2S/c20-19-22(8-7-21-9-11-25-12-10-21)17-6-2-1-5-16(17)18(24)23(19)14-15-4-3-13-26-15/h1-6,13,20H,7-12,14H2. The maximum Gasteiger partial charge on any atom is 0.263 e. The van der Waals surface area contributed by atoms with Gasteiger partial charge in [-0.05, 0) is 23.6 Å². The fraction of sp³-hybridized carbons (Fsp3) is 0.368.